The second-order valence-electron chi connectivity index (χ2n) is 5.78. The lowest BCUT2D eigenvalue weighted by molar-refractivity contribution is -0.600. The Kier molecular flexibility index (Phi) is 4.55. The minimum absolute atomic E-state index is 0.487. The molecular formula is C18H20O4. The summed E-state index contributed by atoms with van der Waals surface area (Å²) in [7, 11) is 0. The van der Waals surface area contributed by atoms with Crippen molar-refractivity contribution in [2.45, 2.75) is 39.3 Å². The van der Waals surface area contributed by atoms with Gasteiger partial charge in [0.2, 0.25) is 12.6 Å². The van der Waals surface area contributed by atoms with Gasteiger partial charge in [-0.1, -0.05) is 67.9 Å². The van der Waals surface area contributed by atoms with Crippen molar-refractivity contribution in [3.63, 3.8) is 0 Å². The van der Waals surface area contributed by atoms with Gasteiger partial charge in [-0.2, -0.15) is 19.6 Å². The average molecular weight is 300 g/mol. The SMILES string of the molecule is Cc1ccc(C2OOC(c3ccc(C(C)C)cc3)OO2)cc1. The van der Waals surface area contributed by atoms with Crippen LogP contribution in [-0.2, 0) is 19.6 Å². The van der Waals surface area contributed by atoms with E-state index in [1.807, 2.05) is 43.3 Å². The Bertz CT molecular complexity index is 596. The van der Waals surface area contributed by atoms with E-state index in [0.29, 0.717) is 5.92 Å². The molecule has 1 heterocycles. The van der Waals surface area contributed by atoms with Gasteiger partial charge in [0.1, 0.15) is 0 Å². The monoisotopic (exact) mass is 300 g/mol. The molecule has 116 valence electrons. The van der Waals surface area contributed by atoms with Gasteiger partial charge in [0.05, 0.1) is 0 Å². The van der Waals surface area contributed by atoms with E-state index < -0.39 is 12.6 Å². The van der Waals surface area contributed by atoms with Crippen LogP contribution in [0.3, 0.4) is 0 Å². The molecule has 1 fully saturated rings. The van der Waals surface area contributed by atoms with Gasteiger partial charge >= 0.3 is 0 Å². The molecule has 22 heavy (non-hydrogen) atoms. The smallest absolute Gasteiger partial charge is 0.193 e. The van der Waals surface area contributed by atoms with Gasteiger partial charge in [0.15, 0.2) is 0 Å². The zero-order valence-electron chi connectivity index (χ0n) is 13.0. The standard InChI is InChI=1S/C18H20O4/c1-12(2)14-8-10-16(11-9-14)18-21-19-17(20-22-18)15-6-4-13(3)5-7-15/h4-12,17-18H,1-3H3. The van der Waals surface area contributed by atoms with Crippen LogP contribution in [0.5, 0.6) is 0 Å². The van der Waals surface area contributed by atoms with Gasteiger partial charge in [0.25, 0.3) is 0 Å². The summed E-state index contributed by atoms with van der Waals surface area (Å²) in [6.07, 6.45) is -1.35. The summed E-state index contributed by atoms with van der Waals surface area (Å²) in [5.41, 5.74) is 4.13. The molecule has 0 N–H and O–H groups in total. The maximum atomic E-state index is 5.31. The summed E-state index contributed by atoms with van der Waals surface area (Å²) in [5, 5.41) is 0. The maximum Gasteiger partial charge on any atom is 0.249 e. The second-order valence-corrected chi connectivity index (χ2v) is 5.78. The number of hydrogen-bond acceptors (Lipinski definition) is 4. The fourth-order valence-corrected chi connectivity index (χ4v) is 2.22. The normalized spacial score (nSPS) is 22.0. The molecule has 1 saturated heterocycles. The van der Waals surface area contributed by atoms with Crippen molar-refractivity contribution in [2.75, 3.05) is 0 Å². The topological polar surface area (TPSA) is 36.9 Å². The summed E-state index contributed by atoms with van der Waals surface area (Å²) in [6, 6.07) is 15.8. The summed E-state index contributed by atoms with van der Waals surface area (Å²) in [6.45, 7) is 6.33. The van der Waals surface area contributed by atoms with Crippen LogP contribution in [0.25, 0.3) is 0 Å². The van der Waals surface area contributed by atoms with Gasteiger partial charge in [-0.15, -0.1) is 0 Å². The van der Waals surface area contributed by atoms with Crippen molar-refractivity contribution in [1.29, 1.82) is 0 Å². The van der Waals surface area contributed by atoms with Gasteiger partial charge in [-0.3, -0.25) is 0 Å². The van der Waals surface area contributed by atoms with E-state index >= 15 is 0 Å². The molecule has 0 radical (unpaired) electrons. The third-order valence-corrected chi connectivity index (χ3v) is 3.69. The van der Waals surface area contributed by atoms with Crippen molar-refractivity contribution < 1.29 is 19.6 Å². The Balaban J connectivity index is 1.62. The lowest BCUT2D eigenvalue weighted by Gasteiger charge is -2.27. The van der Waals surface area contributed by atoms with Crippen LogP contribution in [0, 0.1) is 6.92 Å². The third kappa shape index (κ3) is 3.36. The van der Waals surface area contributed by atoms with Crippen molar-refractivity contribution in [1.82, 2.24) is 0 Å². The molecule has 0 aromatic heterocycles. The first-order valence-corrected chi connectivity index (χ1v) is 7.44. The molecule has 0 saturated carbocycles. The molecule has 0 unspecified atom stereocenters. The Hall–Kier alpha value is -1.72. The van der Waals surface area contributed by atoms with E-state index in [1.165, 1.54) is 11.1 Å². The van der Waals surface area contributed by atoms with Crippen molar-refractivity contribution >= 4 is 0 Å². The minimum Gasteiger partial charge on any atom is -0.193 e. The molecule has 0 amide bonds. The Morgan fingerprint density at radius 3 is 1.50 bits per heavy atom. The highest BCUT2D eigenvalue weighted by molar-refractivity contribution is 5.25. The first kappa shape index (κ1) is 15.2. The van der Waals surface area contributed by atoms with Crippen LogP contribution in [-0.4, -0.2) is 0 Å². The van der Waals surface area contributed by atoms with E-state index in [2.05, 4.69) is 26.0 Å². The molecule has 4 heteroatoms. The summed E-state index contributed by atoms with van der Waals surface area (Å²) < 4.78 is 0. The molecule has 0 aliphatic carbocycles. The van der Waals surface area contributed by atoms with Crippen LogP contribution < -0.4 is 0 Å². The third-order valence-electron chi connectivity index (χ3n) is 3.69. The summed E-state index contributed by atoms with van der Waals surface area (Å²) >= 11 is 0. The van der Waals surface area contributed by atoms with Crippen molar-refractivity contribution in [3.8, 4) is 0 Å². The van der Waals surface area contributed by atoms with Crippen molar-refractivity contribution in [3.05, 3.63) is 70.8 Å². The van der Waals surface area contributed by atoms with E-state index in [4.69, 9.17) is 19.6 Å². The molecule has 0 atom stereocenters. The maximum absolute atomic E-state index is 5.31. The zero-order chi connectivity index (χ0) is 15.5. The van der Waals surface area contributed by atoms with Crippen LogP contribution in [0.4, 0.5) is 0 Å². The summed E-state index contributed by atoms with van der Waals surface area (Å²) in [4.78, 5) is 21.2. The Labute approximate surface area is 130 Å². The summed E-state index contributed by atoms with van der Waals surface area (Å²) in [5.74, 6) is 0.487. The molecule has 1 aliphatic heterocycles. The molecular weight excluding hydrogens is 280 g/mol. The number of rotatable bonds is 3. The number of hydrogen-bond donors (Lipinski definition) is 0. The average Bonchev–Trinajstić information content (AvgIpc) is 2.56. The Morgan fingerprint density at radius 2 is 1.09 bits per heavy atom. The minimum atomic E-state index is -0.678. The molecule has 0 bridgehead atoms. The fraction of sp³-hybridized carbons (Fsp3) is 0.333. The largest absolute Gasteiger partial charge is 0.249 e. The van der Waals surface area contributed by atoms with E-state index in [9.17, 15) is 0 Å². The van der Waals surface area contributed by atoms with Crippen LogP contribution in [0.1, 0.15) is 54.6 Å². The zero-order valence-corrected chi connectivity index (χ0v) is 13.0. The first-order chi connectivity index (χ1) is 10.6. The molecule has 2 aromatic rings. The first-order valence-electron chi connectivity index (χ1n) is 7.44. The van der Waals surface area contributed by atoms with Crippen LogP contribution >= 0.6 is 0 Å². The van der Waals surface area contributed by atoms with Gasteiger partial charge in [-0.25, -0.2) is 0 Å². The van der Waals surface area contributed by atoms with E-state index in [1.54, 1.807) is 0 Å². The predicted octanol–water partition coefficient (Wildman–Crippen LogP) is 4.73. The Morgan fingerprint density at radius 1 is 0.682 bits per heavy atom. The predicted molar refractivity (Wildman–Crippen MR) is 81.5 cm³/mol. The lowest BCUT2D eigenvalue weighted by atomic mass is 10.0. The van der Waals surface area contributed by atoms with E-state index in [0.717, 1.165) is 11.1 Å². The number of benzene rings is 2. The highest BCUT2D eigenvalue weighted by Gasteiger charge is 2.28. The molecule has 4 nitrogen and oxygen atoms in total. The van der Waals surface area contributed by atoms with Gasteiger partial charge < -0.3 is 0 Å². The van der Waals surface area contributed by atoms with Gasteiger partial charge in [0, 0.05) is 11.1 Å². The van der Waals surface area contributed by atoms with Crippen LogP contribution in [0.15, 0.2) is 48.5 Å². The lowest BCUT2D eigenvalue weighted by Crippen LogP contribution is -2.22. The highest BCUT2D eigenvalue weighted by atomic mass is 17.4. The molecule has 0 spiro atoms. The van der Waals surface area contributed by atoms with E-state index in [-0.39, 0.29) is 0 Å². The molecule has 2 aromatic carbocycles. The fourth-order valence-electron chi connectivity index (χ4n) is 2.22. The highest BCUT2D eigenvalue weighted by Crippen LogP contribution is 2.32. The molecule has 1 aliphatic rings. The van der Waals surface area contributed by atoms with Crippen LogP contribution in [0.2, 0.25) is 0 Å². The van der Waals surface area contributed by atoms with Gasteiger partial charge in [-0.05, 0) is 18.4 Å². The second kappa shape index (κ2) is 6.58. The molecule has 3 rings (SSSR count). The quantitative estimate of drug-likeness (QED) is 0.768. The number of aryl methyl sites for hydroxylation is 1. The van der Waals surface area contributed by atoms with Crippen molar-refractivity contribution in [2.24, 2.45) is 0 Å².